The molecule has 4 heteroatoms. The Bertz CT molecular complexity index is 109. The number of rotatable bonds is 7. The van der Waals surface area contributed by atoms with Crippen molar-refractivity contribution in [3.05, 3.63) is 0 Å². The first kappa shape index (κ1) is 17.0. The quantitative estimate of drug-likeness (QED) is 0.408. The molecule has 0 aliphatic carbocycles. The van der Waals surface area contributed by atoms with Crippen LogP contribution in [0.5, 0.6) is 0 Å². The van der Waals surface area contributed by atoms with Crippen molar-refractivity contribution in [2.75, 3.05) is 6.61 Å². The number of carbonyl (C=O) groups is 1. The van der Waals surface area contributed by atoms with Gasteiger partial charge >= 0.3 is 36.3 Å². The summed E-state index contributed by atoms with van der Waals surface area (Å²) in [6, 6.07) is 0. The maximum absolute atomic E-state index is 11.0. The van der Waals surface area contributed by atoms with E-state index in [1.54, 1.807) is 0 Å². The second-order valence-corrected chi connectivity index (χ2v) is 3.03. The monoisotopic (exact) mass is 328 g/mol. The second kappa shape index (κ2) is 16.0. The van der Waals surface area contributed by atoms with E-state index in [4.69, 9.17) is 13.7 Å². The van der Waals surface area contributed by atoms with Gasteiger partial charge in [0.2, 0.25) is 0 Å². The van der Waals surface area contributed by atoms with Crippen LogP contribution in [0, 0.1) is 0 Å². The molecule has 0 unspecified atom stereocenters. The molecule has 2 radical (unpaired) electrons. The van der Waals surface area contributed by atoms with Crippen molar-refractivity contribution in [1.29, 1.82) is 0 Å². The molecular formula is C10H21ClO2Sn. The fourth-order valence-electron chi connectivity index (χ4n) is 0.922. The van der Waals surface area contributed by atoms with Crippen LogP contribution in [0.4, 0.5) is 0 Å². The summed E-state index contributed by atoms with van der Waals surface area (Å²) in [5.41, 5.74) is 0. The van der Waals surface area contributed by atoms with Gasteiger partial charge in [0, 0.05) is 6.42 Å². The molecule has 0 rings (SSSR count). The van der Waals surface area contributed by atoms with Gasteiger partial charge in [-0.3, -0.25) is 4.79 Å². The Hall–Kier alpha value is 0.559. The van der Waals surface area contributed by atoms with Crippen LogP contribution in [-0.4, -0.2) is 34.0 Å². The minimum absolute atomic E-state index is 0.0306. The van der Waals surface area contributed by atoms with Crippen molar-refractivity contribution in [2.24, 2.45) is 0 Å². The second-order valence-electron chi connectivity index (χ2n) is 3.03. The van der Waals surface area contributed by atoms with Gasteiger partial charge in [-0.25, -0.2) is 0 Å². The summed E-state index contributed by atoms with van der Waals surface area (Å²) in [7, 11) is 4.77. The molecule has 0 saturated carbocycles. The Balaban J connectivity index is 0. The molecule has 0 fully saturated rings. The number of ether oxygens (including phenoxy) is 1. The van der Waals surface area contributed by atoms with Gasteiger partial charge in [0.05, 0.1) is 6.61 Å². The van der Waals surface area contributed by atoms with Crippen LogP contribution in [0.3, 0.4) is 0 Å². The van der Waals surface area contributed by atoms with Crippen molar-refractivity contribution in [3.63, 3.8) is 0 Å². The molecule has 84 valence electrons. The molecule has 0 aliphatic heterocycles. The van der Waals surface area contributed by atoms with Gasteiger partial charge in [-0.15, -0.1) is 0 Å². The fourth-order valence-corrected chi connectivity index (χ4v) is 0.922. The summed E-state index contributed by atoms with van der Waals surface area (Å²) in [5.74, 6) is -0.0306. The molecule has 0 aliphatic rings. The van der Waals surface area contributed by atoms with Crippen molar-refractivity contribution in [3.8, 4) is 0 Å². The minimum atomic E-state index is -0.0306. The molecule has 0 saturated heterocycles. The summed E-state index contributed by atoms with van der Waals surface area (Å²) in [6.07, 6.45) is 5.92. The summed E-state index contributed by atoms with van der Waals surface area (Å²) in [5, 5.41) is 0. The van der Waals surface area contributed by atoms with E-state index in [2.05, 4.69) is 13.8 Å². The third-order valence-electron chi connectivity index (χ3n) is 1.75. The summed E-state index contributed by atoms with van der Waals surface area (Å²) >= 11 is 0.822. The van der Waals surface area contributed by atoms with E-state index in [0.717, 1.165) is 53.5 Å². The maximum atomic E-state index is 11.0. The molecule has 2 nitrogen and oxygen atoms in total. The average Bonchev–Trinajstić information content (AvgIpc) is 2.22. The van der Waals surface area contributed by atoms with Gasteiger partial charge in [0.25, 0.3) is 0 Å². The van der Waals surface area contributed by atoms with Crippen molar-refractivity contribution >= 4 is 36.3 Å². The molecular weight excluding hydrogens is 306 g/mol. The van der Waals surface area contributed by atoms with E-state index in [0.29, 0.717) is 13.0 Å². The number of hydrogen-bond donors (Lipinski definition) is 0. The van der Waals surface area contributed by atoms with Gasteiger partial charge in [-0.1, -0.05) is 33.1 Å². The van der Waals surface area contributed by atoms with Crippen LogP contribution < -0.4 is 0 Å². The van der Waals surface area contributed by atoms with Gasteiger partial charge in [-0.05, 0) is 12.8 Å². The first-order chi connectivity index (χ1) is 6.81. The molecule has 14 heavy (non-hydrogen) atoms. The first-order valence-corrected chi connectivity index (χ1v) is 9.36. The first-order valence-electron chi connectivity index (χ1n) is 5.18. The summed E-state index contributed by atoms with van der Waals surface area (Å²) in [4.78, 5) is 11.0. The van der Waals surface area contributed by atoms with Crippen molar-refractivity contribution in [1.82, 2.24) is 0 Å². The molecule has 0 atom stereocenters. The Morgan fingerprint density at radius 3 is 2.21 bits per heavy atom. The Morgan fingerprint density at radius 1 is 1.14 bits per heavy atom. The van der Waals surface area contributed by atoms with E-state index in [-0.39, 0.29) is 5.97 Å². The van der Waals surface area contributed by atoms with Gasteiger partial charge < -0.3 is 4.74 Å². The predicted octanol–water partition coefficient (Wildman–Crippen LogP) is 2.95. The zero-order valence-electron chi connectivity index (χ0n) is 9.22. The molecule has 0 heterocycles. The van der Waals surface area contributed by atoms with Crippen LogP contribution in [0.25, 0.3) is 0 Å². The number of hydrogen-bond acceptors (Lipinski definition) is 2. The number of esters is 1. The number of carbonyl (C=O) groups excluding carboxylic acids is 1. The van der Waals surface area contributed by atoms with Crippen LogP contribution in [0.15, 0.2) is 0 Å². The molecule has 0 aromatic heterocycles. The standard InChI is InChI=1S/C10H20O2.ClH.Sn.H/c1-3-5-7-8-10(11)12-9-6-4-2;;;/h3-9H2,1-2H3;1H;;/q;;+1;/p-1. The molecule has 0 aromatic rings. The SMILES string of the molecule is CCCCCC(=O)OCCCC.[Cl][SnH]. The normalized spacial score (nSPS) is 8.86. The number of unbranched alkanes of at least 4 members (excludes halogenated alkanes) is 3. The van der Waals surface area contributed by atoms with Crippen LogP contribution in [0.1, 0.15) is 52.4 Å². The molecule has 0 bridgehead atoms. The van der Waals surface area contributed by atoms with Crippen LogP contribution >= 0.6 is 8.92 Å². The summed E-state index contributed by atoms with van der Waals surface area (Å²) < 4.78 is 4.99. The van der Waals surface area contributed by atoms with E-state index in [1.807, 2.05) is 0 Å². The zero-order valence-corrected chi connectivity index (χ0v) is 13.3. The average molecular weight is 327 g/mol. The number of halogens is 1. The Morgan fingerprint density at radius 2 is 1.71 bits per heavy atom. The Labute approximate surface area is 105 Å². The summed E-state index contributed by atoms with van der Waals surface area (Å²) in [6.45, 7) is 4.81. The van der Waals surface area contributed by atoms with E-state index in [1.165, 1.54) is 0 Å². The molecule has 0 amide bonds. The van der Waals surface area contributed by atoms with Crippen molar-refractivity contribution in [2.45, 2.75) is 52.4 Å². The molecule has 0 aromatic carbocycles. The van der Waals surface area contributed by atoms with Gasteiger partial charge in [0.15, 0.2) is 0 Å². The topological polar surface area (TPSA) is 26.3 Å². The Kier molecular flexibility index (Phi) is 19.4. The van der Waals surface area contributed by atoms with Gasteiger partial charge in [-0.2, -0.15) is 0 Å². The fraction of sp³-hybridized carbons (Fsp3) is 0.900. The van der Waals surface area contributed by atoms with E-state index in [9.17, 15) is 4.79 Å². The predicted molar refractivity (Wildman–Crippen MR) is 63.0 cm³/mol. The van der Waals surface area contributed by atoms with Crippen molar-refractivity contribution < 1.29 is 9.53 Å². The van der Waals surface area contributed by atoms with Crippen LogP contribution in [0.2, 0.25) is 0 Å². The van der Waals surface area contributed by atoms with E-state index < -0.39 is 0 Å². The molecule has 0 spiro atoms. The zero-order chi connectivity index (χ0) is 11.2. The third kappa shape index (κ3) is 15.1. The third-order valence-corrected chi connectivity index (χ3v) is 1.75. The van der Waals surface area contributed by atoms with Gasteiger partial charge in [0.1, 0.15) is 0 Å². The van der Waals surface area contributed by atoms with Crippen LogP contribution in [-0.2, 0) is 9.53 Å². The molecule has 0 N–H and O–H groups in total. The van der Waals surface area contributed by atoms with E-state index >= 15 is 0 Å².